The lowest BCUT2D eigenvalue weighted by atomic mass is 9.95. The van der Waals surface area contributed by atoms with Crippen molar-refractivity contribution in [2.45, 2.75) is 44.7 Å². The molecule has 0 spiro atoms. The molecular formula is C19H31BF4N2O3Si. The molecule has 0 atom stereocenters. The summed E-state index contributed by atoms with van der Waals surface area (Å²) in [5.41, 5.74) is 1.30. The summed E-state index contributed by atoms with van der Waals surface area (Å²) in [6.07, 6.45) is 9.26. The average Bonchev–Trinajstić information content (AvgIpc) is 3.19. The van der Waals surface area contributed by atoms with Crippen molar-refractivity contribution >= 4 is 27.6 Å². The van der Waals surface area contributed by atoms with Crippen molar-refractivity contribution in [2.24, 2.45) is 0 Å². The number of hydrogen-bond acceptors (Lipinski definition) is 4. The van der Waals surface area contributed by atoms with Gasteiger partial charge >= 0.3 is 16.1 Å². The van der Waals surface area contributed by atoms with Gasteiger partial charge in [-0.05, 0) is 31.2 Å². The highest BCUT2D eigenvalue weighted by Crippen LogP contribution is 2.21. The first-order chi connectivity index (χ1) is 14.2. The standard InChI is InChI=1S/C19H31N2O3Si.BF4/c1-22-25(23-2,24-3)19-11-9-17(10-12-19)15-20-13-14-21(16-20)18-7-5-4-6-8-18;2-1(3,4)5/h9-12,16,18H,4-8,13-15H2,1-3H3;/q+1;-1. The molecule has 30 heavy (non-hydrogen) atoms. The Bertz CT molecular complexity index is 667. The molecule has 1 aliphatic carbocycles. The van der Waals surface area contributed by atoms with Crippen molar-refractivity contribution in [1.82, 2.24) is 4.90 Å². The SMILES string of the molecule is CO[Si](OC)(OC)c1ccc(CN2C=[N+](C3CCCCC3)CC2)cc1.F[B-](F)(F)F. The van der Waals surface area contributed by atoms with Gasteiger partial charge in [0, 0.05) is 26.5 Å². The van der Waals surface area contributed by atoms with Gasteiger partial charge in [0.1, 0.15) is 19.6 Å². The Morgan fingerprint density at radius 3 is 2.00 bits per heavy atom. The lowest BCUT2D eigenvalue weighted by molar-refractivity contribution is -0.557. The number of hydrogen-bond donors (Lipinski definition) is 0. The van der Waals surface area contributed by atoms with E-state index in [-0.39, 0.29) is 0 Å². The van der Waals surface area contributed by atoms with Crippen LogP contribution in [0.1, 0.15) is 37.7 Å². The molecule has 0 saturated heterocycles. The minimum absolute atomic E-state index is 0.762. The van der Waals surface area contributed by atoms with Gasteiger partial charge in [-0.25, -0.2) is 0 Å². The van der Waals surface area contributed by atoms with Gasteiger partial charge in [-0.15, -0.1) is 0 Å². The zero-order valence-electron chi connectivity index (χ0n) is 17.8. The molecule has 0 N–H and O–H groups in total. The Morgan fingerprint density at radius 1 is 0.967 bits per heavy atom. The lowest BCUT2D eigenvalue weighted by Gasteiger charge is -2.24. The summed E-state index contributed by atoms with van der Waals surface area (Å²) in [6, 6.07) is 9.23. The molecule has 1 fully saturated rings. The van der Waals surface area contributed by atoms with Gasteiger partial charge < -0.3 is 30.5 Å². The summed E-state index contributed by atoms with van der Waals surface area (Å²) in [4.78, 5) is 2.43. The Labute approximate surface area is 177 Å². The molecule has 3 rings (SSSR count). The van der Waals surface area contributed by atoms with Crippen LogP contribution in [-0.4, -0.2) is 72.3 Å². The summed E-state index contributed by atoms with van der Waals surface area (Å²) >= 11 is 0. The van der Waals surface area contributed by atoms with E-state index < -0.39 is 16.1 Å². The van der Waals surface area contributed by atoms with Gasteiger partial charge in [0.25, 0.3) is 0 Å². The first-order valence-electron chi connectivity index (χ1n) is 10.2. The van der Waals surface area contributed by atoms with E-state index in [9.17, 15) is 17.3 Å². The zero-order valence-corrected chi connectivity index (χ0v) is 18.8. The summed E-state index contributed by atoms with van der Waals surface area (Å²) < 4.78 is 58.2. The first kappa shape index (κ1) is 24.8. The normalized spacial score (nSPS) is 18.1. The fraction of sp³-hybridized carbons (Fsp3) is 0.632. The average molecular weight is 450 g/mol. The fourth-order valence-electron chi connectivity index (χ4n) is 4.03. The van der Waals surface area contributed by atoms with Crippen LogP contribution in [0.4, 0.5) is 17.3 Å². The molecule has 1 saturated carbocycles. The maximum atomic E-state index is 9.75. The smallest absolute Gasteiger partial charge is 0.418 e. The highest BCUT2D eigenvalue weighted by Gasteiger charge is 2.40. The maximum absolute atomic E-state index is 9.75. The highest BCUT2D eigenvalue weighted by molar-refractivity contribution is 6.75. The van der Waals surface area contributed by atoms with Crippen molar-refractivity contribution in [3.05, 3.63) is 29.8 Å². The van der Waals surface area contributed by atoms with Crippen LogP contribution in [0, 0.1) is 0 Å². The molecule has 0 aromatic heterocycles. The summed E-state index contributed by atoms with van der Waals surface area (Å²) in [5, 5.41) is 0.998. The largest absolute Gasteiger partial charge is 0.673 e. The van der Waals surface area contributed by atoms with E-state index in [0.29, 0.717) is 0 Å². The number of rotatable bonds is 7. The third-order valence-corrected chi connectivity index (χ3v) is 8.15. The summed E-state index contributed by atoms with van der Waals surface area (Å²) in [5.74, 6) is 0. The first-order valence-corrected chi connectivity index (χ1v) is 11.9. The Morgan fingerprint density at radius 2 is 1.50 bits per heavy atom. The van der Waals surface area contributed by atoms with Gasteiger partial charge in [0.05, 0.1) is 6.04 Å². The van der Waals surface area contributed by atoms with Crippen LogP contribution in [-0.2, 0) is 19.8 Å². The van der Waals surface area contributed by atoms with Crippen molar-refractivity contribution in [2.75, 3.05) is 34.4 Å². The fourth-order valence-corrected chi connectivity index (χ4v) is 5.81. The molecule has 1 aromatic rings. The second-order valence-electron chi connectivity index (χ2n) is 7.48. The number of nitrogens with zero attached hydrogens (tertiary/aromatic N) is 2. The number of halogens is 4. The van der Waals surface area contributed by atoms with Gasteiger partial charge in [-0.1, -0.05) is 30.7 Å². The van der Waals surface area contributed by atoms with Crippen molar-refractivity contribution in [3.63, 3.8) is 0 Å². The van der Waals surface area contributed by atoms with Crippen LogP contribution >= 0.6 is 0 Å². The third kappa shape index (κ3) is 7.37. The van der Waals surface area contributed by atoms with Crippen LogP contribution in [0.3, 0.4) is 0 Å². The van der Waals surface area contributed by atoms with E-state index in [2.05, 4.69) is 40.1 Å². The van der Waals surface area contributed by atoms with Crippen LogP contribution < -0.4 is 5.19 Å². The van der Waals surface area contributed by atoms with E-state index in [1.54, 1.807) is 21.3 Å². The van der Waals surface area contributed by atoms with Gasteiger partial charge in [-0.3, -0.25) is 9.48 Å². The predicted octanol–water partition coefficient (Wildman–Crippen LogP) is 3.26. The van der Waals surface area contributed by atoms with E-state index in [4.69, 9.17) is 13.3 Å². The van der Waals surface area contributed by atoms with Crippen molar-refractivity contribution < 1.29 is 35.1 Å². The lowest BCUT2D eigenvalue weighted by Crippen LogP contribution is -2.54. The molecule has 1 heterocycles. The van der Waals surface area contributed by atoms with Gasteiger partial charge in [0.15, 0.2) is 0 Å². The molecule has 0 amide bonds. The molecule has 170 valence electrons. The Hall–Kier alpha value is -1.43. The number of benzene rings is 1. The minimum atomic E-state index is -6.00. The minimum Gasteiger partial charge on any atom is -0.418 e. The van der Waals surface area contributed by atoms with Crippen LogP contribution in [0.2, 0.25) is 0 Å². The third-order valence-electron chi connectivity index (χ3n) is 5.50. The summed E-state index contributed by atoms with van der Waals surface area (Å²) in [7, 11) is -3.79. The van der Waals surface area contributed by atoms with E-state index in [1.807, 2.05) is 0 Å². The molecule has 1 aromatic carbocycles. The maximum Gasteiger partial charge on any atom is 0.673 e. The quantitative estimate of drug-likeness (QED) is 0.363. The van der Waals surface area contributed by atoms with Crippen molar-refractivity contribution in [1.29, 1.82) is 0 Å². The molecular weight excluding hydrogens is 419 g/mol. The second kappa shape index (κ2) is 11.3. The van der Waals surface area contributed by atoms with Gasteiger partial charge in [0.2, 0.25) is 6.34 Å². The monoisotopic (exact) mass is 450 g/mol. The molecule has 0 unspecified atom stereocenters. The molecule has 2 aliphatic rings. The molecule has 11 heteroatoms. The molecule has 0 radical (unpaired) electrons. The Kier molecular flexibility index (Phi) is 9.33. The predicted molar refractivity (Wildman–Crippen MR) is 112 cm³/mol. The molecule has 0 bridgehead atoms. The van der Waals surface area contributed by atoms with Crippen molar-refractivity contribution in [3.8, 4) is 0 Å². The van der Waals surface area contributed by atoms with Crippen LogP contribution in [0.5, 0.6) is 0 Å². The van der Waals surface area contributed by atoms with Gasteiger partial charge in [-0.2, -0.15) is 0 Å². The van der Waals surface area contributed by atoms with E-state index >= 15 is 0 Å². The van der Waals surface area contributed by atoms with Crippen LogP contribution in [0.25, 0.3) is 0 Å². The topological polar surface area (TPSA) is 33.9 Å². The Balaban J connectivity index is 0.000000575. The zero-order chi connectivity index (χ0) is 22.2. The van der Waals surface area contributed by atoms with Crippen LogP contribution in [0.15, 0.2) is 24.3 Å². The van der Waals surface area contributed by atoms with E-state index in [1.165, 1.54) is 37.7 Å². The summed E-state index contributed by atoms with van der Waals surface area (Å²) in [6.45, 7) is 3.23. The van der Waals surface area contributed by atoms with E-state index in [0.717, 1.165) is 30.9 Å². The molecule has 5 nitrogen and oxygen atoms in total. The second-order valence-corrected chi connectivity index (χ2v) is 10.4. The highest BCUT2D eigenvalue weighted by atomic mass is 28.4. The molecule has 1 aliphatic heterocycles.